The summed E-state index contributed by atoms with van der Waals surface area (Å²) in [6, 6.07) is 3.72. The fourth-order valence-electron chi connectivity index (χ4n) is 2.33. The van der Waals surface area contributed by atoms with Gasteiger partial charge in [0.2, 0.25) is 0 Å². The molecule has 1 aromatic rings. The van der Waals surface area contributed by atoms with Crippen molar-refractivity contribution in [2.45, 2.75) is 51.2 Å². The van der Waals surface area contributed by atoms with Crippen LogP contribution in [0.5, 0.6) is 0 Å². The molecule has 0 N–H and O–H groups in total. The largest absolute Gasteiger partial charge is 0.300 e. The number of hydrogen-bond donors (Lipinski definition) is 0. The number of Topliss-reactive ketones (excluding diaryl/α,β-unsaturated/α-hetero) is 1. The molecule has 1 rings (SSSR count). The molecule has 18 heavy (non-hydrogen) atoms. The average Bonchev–Trinajstić information content (AvgIpc) is 2.13. The second-order valence-corrected chi connectivity index (χ2v) is 7.29. The SMILES string of the molecule is CC(=O)CC(C)S(=O)(=O)c1c(C)cc(C)cc1C. The third kappa shape index (κ3) is 2.99. The van der Waals surface area contributed by atoms with Crippen LogP contribution in [0.3, 0.4) is 0 Å². The second kappa shape index (κ2) is 5.22. The van der Waals surface area contributed by atoms with Crippen LogP contribution in [0.4, 0.5) is 0 Å². The summed E-state index contributed by atoms with van der Waals surface area (Å²) < 4.78 is 24.9. The van der Waals surface area contributed by atoms with Crippen molar-refractivity contribution in [2.75, 3.05) is 0 Å². The maximum Gasteiger partial charge on any atom is 0.181 e. The van der Waals surface area contributed by atoms with Crippen LogP contribution in [0.2, 0.25) is 0 Å². The van der Waals surface area contributed by atoms with E-state index in [2.05, 4.69) is 0 Å². The molecule has 0 aliphatic heterocycles. The molecular formula is C14H20O3S. The molecule has 0 saturated carbocycles. The summed E-state index contributed by atoms with van der Waals surface area (Å²) >= 11 is 0. The van der Waals surface area contributed by atoms with Gasteiger partial charge < -0.3 is 0 Å². The van der Waals surface area contributed by atoms with Crippen molar-refractivity contribution in [3.63, 3.8) is 0 Å². The predicted octanol–water partition coefficient (Wildman–Crippen LogP) is 2.75. The number of ketones is 1. The van der Waals surface area contributed by atoms with Gasteiger partial charge in [-0.25, -0.2) is 8.42 Å². The number of aryl methyl sites for hydroxylation is 3. The molecule has 0 fully saturated rings. The lowest BCUT2D eigenvalue weighted by atomic mass is 10.1. The van der Waals surface area contributed by atoms with Gasteiger partial charge in [-0.05, 0) is 45.7 Å². The number of carbonyl (C=O) groups is 1. The summed E-state index contributed by atoms with van der Waals surface area (Å²) in [6.45, 7) is 8.55. The molecule has 1 unspecified atom stereocenters. The Bertz CT molecular complexity index is 548. The predicted molar refractivity (Wildman–Crippen MR) is 72.6 cm³/mol. The lowest BCUT2D eigenvalue weighted by Gasteiger charge is -2.16. The van der Waals surface area contributed by atoms with Crippen LogP contribution in [0, 0.1) is 20.8 Å². The highest BCUT2D eigenvalue weighted by atomic mass is 32.2. The fraction of sp³-hybridized carbons (Fsp3) is 0.500. The van der Waals surface area contributed by atoms with Crippen molar-refractivity contribution in [3.05, 3.63) is 28.8 Å². The molecule has 4 heteroatoms. The number of carbonyl (C=O) groups excluding carboxylic acids is 1. The van der Waals surface area contributed by atoms with Crippen LogP contribution in [0.15, 0.2) is 17.0 Å². The zero-order valence-electron chi connectivity index (χ0n) is 11.6. The Morgan fingerprint density at radius 2 is 1.61 bits per heavy atom. The molecule has 0 saturated heterocycles. The molecule has 0 aliphatic carbocycles. The Kier molecular flexibility index (Phi) is 4.32. The quantitative estimate of drug-likeness (QED) is 0.843. The van der Waals surface area contributed by atoms with Crippen LogP contribution in [-0.2, 0) is 14.6 Å². The summed E-state index contributed by atoms with van der Waals surface area (Å²) in [6.07, 6.45) is 0.0646. The van der Waals surface area contributed by atoms with E-state index in [4.69, 9.17) is 0 Å². The maximum absolute atomic E-state index is 12.5. The molecule has 3 nitrogen and oxygen atoms in total. The summed E-state index contributed by atoms with van der Waals surface area (Å²) in [7, 11) is -3.43. The molecule has 1 atom stereocenters. The molecule has 0 amide bonds. The van der Waals surface area contributed by atoms with E-state index in [0.717, 1.165) is 16.7 Å². The number of hydrogen-bond acceptors (Lipinski definition) is 3. The van der Waals surface area contributed by atoms with Gasteiger partial charge in [-0.15, -0.1) is 0 Å². The van der Waals surface area contributed by atoms with E-state index in [9.17, 15) is 13.2 Å². The average molecular weight is 268 g/mol. The van der Waals surface area contributed by atoms with Crippen LogP contribution in [0.1, 0.15) is 37.0 Å². The number of rotatable bonds is 4. The minimum Gasteiger partial charge on any atom is -0.300 e. The summed E-state index contributed by atoms with van der Waals surface area (Å²) in [5.41, 5.74) is 2.55. The Morgan fingerprint density at radius 3 is 2.00 bits per heavy atom. The van der Waals surface area contributed by atoms with Gasteiger partial charge in [0.05, 0.1) is 10.1 Å². The minimum atomic E-state index is -3.43. The highest BCUT2D eigenvalue weighted by Crippen LogP contribution is 2.26. The molecule has 1 aromatic carbocycles. The van der Waals surface area contributed by atoms with Gasteiger partial charge in [0, 0.05) is 6.42 Å². The van der Waals surface area contributed by atoms with E-state index in [-0.39, 0.29) is 12.2 Å². The normalized spacial score (nSPS) is 13.4. The highest BCUT2D eigenvalue weighted by molar-refractivity contribution is 7.92. The number of sulfone groups is 1. The van der Waals surface area contributed by atoms with Gasteiger partial charge in [-0.2, -0.15) is 0 Å². The third-order valence-corrected chi connectivity index (χ3v) is 5.43. The van der Waals surface area contributed by atoms with Crippen LogP contribution in [0.25, 0.3) is 0 Å². The molecule has 0 radical (unpaired) electrons. The second-order valence-electron chi connectivity index (χ2n) is 4.99. The van der Waals surface area contributed by atoms with Crippen molar-refractivity contribution >= 4 is 15.6 Å². The molecular weight excluding hydrogens is 248 g/mol. The van der Waals surface area contributed by atoms with Gasteiger partial charge in [0.1, 0.15) is 5.78 Å². The topological polar surface area (TPSA) is 51.2 Å². The van der Waals surface area contributed by atoms with Gasteiger partial charge in [-0.1, -0.05) is 17.7 Å². The van der Waals surface area contributed by atoms with E-state index < -0.39 is 15.1 Å². The Morgan fingerprint density at radius 1 is 1.17 bits per heavy atom. The summed E-state index contributed by atoms with van der Waals surface area (Å²) in [4.78, 5) is 11.5. The summed E-state index contributed by atoms with van der Waals surface area (Å²) in [5.74, 6) is -0.103. The zero-order chi connectivity index (χ0) is 14.1. The van der Waals surface area contributed by atoms with Crippen molar-refractivity contribution in [2.24, 2.45) is 0 Å². The van der Waals surface area contributed by atoms with Gasteiger partial charge in [0.25, 0.3) is 0 Å². The monoisotopic (exact) mass is 268 g/mol. The first-order valence-corrected chi connectivity index (χ1v) is 7.52. The molecule has 0 aromatic heterocycles. The maximum atomic E-state index is 12.5. The van der Waals surface area contributed by atoms with E-state index in [1.807, 2.05) is 19.1 Å². The van der Waals surface area contributed by atoms with E-state index in [0.29, 0.717) is 4.90 Å². The molecule has 0 bridgehead atoms. The van der Waals surface area contributed by atoms with Crippen LogP contribution >= 0.6 is 0 Å². The Labute approximate surface area is 109 Å². The standard InChI is InChI=1S/C14H20O3S/c1-9-6-10(2)14(11(3)7-9)18(16,17)13(5)8-12(4)15/h6-7,13H,8H2,1-5H3. The van der Waals surface area contributed by atoms with Gasteiger partial charge >= 0.3 is 0 Å². The first-order chi connectivity index (χ1) is 8.16. The van der Waals surface area contributed by atoms with Crippen LogP contribution in [-0.4, -0.2) is 19.5 Å². The minimum absolute atomic E-state index is 0.0646. The van der Waals surface area contributed by atoms with Gasteiger partial charge in [0.15, 0.2) is 9.84 Å². The van der Waals surface area contributed by atoms with E-state index in [1.54, 1.807) is 20.8 Å². The van der Waals surface area contributed by atoms with E-state index in [1.165, 1.54) is 6.92 Å². The third-order valence-electron chi connectivity index (χ3n) is 2.99. The van der Waals surface area contributed by atoms with Crippen molar-refractivity contribution in [3.8, 4) is 0 Å². The first kappa shape index (κ1) is 14.9. The van der Waals surface area contributed by atoms with Crippen molar-refractivity contribution in [1.82, 2.24) is 0 Å². The lowest BCUT2D eigenvalue weighted by Crippen LogP contribution is -2.22. The van der Waals surface area contributed by atoms with E-state index >= 15 is 0 Å². The van der Waals surface area contributed by atoms with Gasteiger partial charge in [-0.3, -0.25) is 4.79 Å². The Balaban J connectivity index is 3.33. The highest BCUT2D eigenvalue weighted by Gasteiger charge is 2.27. The zero-order valence-corrected chi connectivity index (χ0v) is 12.4. The van der Waals surface area contributed by atoms with Crippen molar-refractivity contribution < 1.29 is 13.2 Å². The molecule has 0 heterocycles. The smallest absolute Gasteiger partial charge is 0.181 e. The molecule has 0 aliphatic rings. The molecule has 0 spiro atoms. The van der Waals surface area contributed by atoms with Crippen molar-refractivity contribution in [1.29, 1.82) is 0 Å². The lowest BCUT2D eigenvalue weighted by molar-refractivity contribution is -0.116. The first-order valence-electron chi connectivity index (χ1n) is 5.97. The van der Waals surface area contributed by atoms with Crippen LogP contribution < -0.4 is 0 Å². The Hall–Kier alpha value is -1.16. The summed E-state index contributed by atoms with van der Waals surface area (Å²) in [5, 5.41) is -0.671. The fourth-order valence-corrected chi connectivity index (χ4v) is 4.20. The number of benzene rings is 1. The molecule has 100 valence electrons.